The van der Waals surface area contributed by atoms with E-state index in [1.54, 1.807) is 0 Å². The van der Waals surface area contributed by atoms with Crippen molar-refractivity contribution in [3.63, 3.8) is 0 Å². The van der Waals surface area contributed by atoms with Gasteiger partial charge in [0.1, 0.15) is 5.75 Å². The van der Waals surface area contributed by atoms with Gasteiger partial charge in [0.15, 0.2) is 17.2 Å². The lowest BCUT2D eigenvalue weighted by Gasteiger charge is -2.37. The van der Waals surface area contributed by atoms with E-state index in [1.165, 1.54) is 19.1 Å². The van der Waals surface area contributed by atoms with E-state index in [0.717, 1.165) is 43.3 Å². The maximum Gasteiger partial charge on any atom is 0.422 e. The number of carboxylic acid groups (broad SMARTS) is 1. The van der Waals surface area contributed by atoms with E-state index in [-0.39, 0.29) is 33.3 Å². The Labute approximate surface area is 195 Å². The molecular formula is C23H18ClF4NO5. The molecule has 3 N–H and O–H groups in total. The summed E-state index contributed by atoms with van der Waals surface area (Å²) < 4.78 is 61.9. The predicted molar refractivity (Wildman–Crippen MR) is 115 cm³/mol. The van der Waals surface area contributed by atoms with Crippen molar-refractivity contribution in [2.24, 2.45) is 0 Å². The first-order valence-electron chi connectivity index (χ1n) is 9.75. The summed E-state index contributed by atoms with van der Waals surface area (Å²) in [6.45, 7) is 2.37. The quantitative estimate of drug-likeness (QED) is 0.388. The molecule has 180 valence electrons. The molecule has 0 aliphatic rings. The fraction of sp³-hybridized carbons (Fsp3) is 0.217. The molecule has 3 aromatic rings. The molecule has 2 atom stereocenters. The summed E-state index contributed by atoms with van der Waals surface area (Å²) in [7, 11) is 0. The normalized spacial score (nSPS) is 14.4. The monoisotopic (exact) mass is 499 g/mol. The summed E-state index contributed by atoms with van der Waals surface area (Å²) in [6, 6.07) is 8.34. The maximum absolute atomic E-state index is 14.1. The Morgan fingerprint density at radius 1 is 1.12 bits per heavy atom. The lowest BCUT2D eigenvalue weighted by Crippen LogP contribution is -2.47. The molecular weight excluding hydrogens is 482 g/mol. The zero-order valence-corrected chi connectivity index (χ0v) is 18.5. The van der Waals surface area contributed by atoms with E-state index in [2.05, 4.69) is 4.98 Å². The first kappa shape index (κ1) is 25.3. The molecule has 3 rings (SSSR count). The predicted octanol–water partition coefficient (Wildman–Crippen LogP) is 5.52. The lowest BCUT2D eigenvalue weighted by molar-refractivity contribution is -0.274. The van der Waals surface area contributed by atoms with Gasteiger partial charge in [0.05, 0.1) is 5.56 Å². The second-order valence-corrected chi connectivity index (χ2v) is 7.99. The number of pyridine rings is 1. The molecule has 0 saturated carbocycles. The number of aryl methyl sites for hydroxylation is 1. The summed E-state index contributed by atoms with van der Waals surface area (Å²) in [5.41, 5.74) is -5.09. The van der Waals surface area contributed by atoms with Gasteiger partial charge in [-0.3, -0.25) is 4.79 Å². The van der Waals surface area contributed by atoms with Crippen molar-refractivity contribution in [3.8, 4) is 11.5 Å². The van der Waals surface area contributed by atoms with Crippen LogP contribution in [0.15, 0.2) is 53.3 Å². The van der Waals surface area contributed by atoms with Gasteiger partial charge in [-0.1, -0.05) is 24.6 Å². The van der Waals surface area contributed by atoms with Gasteiger partial charge in [-0.05, 0) is 48.9 Å². The highest BCUT2D eigenvalue weighted by atomic mass is 35.5. The largest absolute Gasteiger partial charge is 0.478 e. The van der Waals surface area contributed by atoms with Crippen molar-refractivity contribution in [1.29, 1.82) is 0 Å². The van der Waals surface area contributed by atoms with Crippen molar-refractivity contribution in [2.45, 2.75) is 31.5 Å². The Balaban J connectivity index is 1.99. The topological polar surface area (TPSA) is 99.6 Å². The number of benzene rings is 2. The number of rotatable bonds is 6. The van der Waals surface area contributed by atoms with Gasteiger partial charge in [-0.2, -0.15) is 13.2 Å². The number of aromatic carboxylic acids is 1. The highest BCUT2D eigenvalue weighted by Gasteiger charge is 2.59. The molecule has 0 saturated heterocycles. The van der Waals surface area contributed by atoms with Crippen LogP contribution in [0.2, 0.25) is 5.02 Å². The number of alkyl halides is 3. The maximum atomic E-state index is 14.1. The zero-order chi connectivity index (χ0) is 25.4. The third-order valence-electron chi connectivity index (χ3n) is 5.43. The summed E-state index contributed by atoms with van der Waals surface area (Å²) in [5.74, 6) is -4.27. The van der Waals surface area contributed by atoms with E-state index in [0.29, 0.717) is 0 Å². The number of hydrogen-bond donors (Lipinski definition) is 3. The summed E-state index contributed by atoms with van der Waals surface area (Å²) in [5, 5.41) is 19.6. The second kappa shape index (κ2) is 9.11. The Hall–Kier alpha value is -3.37. The van der Waals surface area contributed by atoms with E-state index < -0.39 is 40.6 Å². The van der Waals surface area contributed by atoms with Crippen molar-refractivity contribution in [1.82, 2.24) is 4.98 Å². The number of H-pyrrole nitrogens is 1. The minimum Gasteiger partial charge on any atom is -0.478 e. The number of hydrogen-bond acceptors (Lipinski definition) is 4. The molecule has 0 aliphatic heterocycles. The highest BCUT2D eigenvalue weighted by Crippen LogP contribution is 2.50. The van der Waals surface area contributed by atoms with Crippen LogP contribution >= 0.6 is 11.6 Å². The van der Waals surface area contributed by atoms with Crippen LogP contribution < -0.4 is 10.3 Å². The average molecular weight is 500 g/mol. The first-order valence-corrected chi connectivity index (χ1v) is 10.1. The molecule has 6 nitrogen and oxygen atoms in total. The van der Waals surface area contributed by atoms with Gasteiger partial charge in [0.2, 0.25) is 5.56 Å². The van der Waals surface area contributed by atoms with Gasteiger partial charge >= 0.3 is 12.1 Å². The SMILES string of the molecule is Cc1[nH]c(=O)ccc1C(O)(C(C)c1ccc(Oc2ccc(C(=O)O)cc2F)cc1Cl)C(F)(F)F. The Morgan fingerprint density at radius 3 is 2.32 bits per heavy atom. The van der Waals surface area contributed by atoms with E-state index in [1.807, 2.05) is 0 Å². The highest BCUT2D eigenvalue weighted by molar-refractivity contribution is 6.31. The molecule has 11 heteroatoms. The van der Waals surface area contributed by atoms with Crippen LogP contribution in [0.4, 0.5) is 17.6 Å². The van der Waals surface area contributed by atoms with Crippen LogP contribution in [0.1, 0.15) is 40.0 Å². The smallest absolute Gasteiger partial charge is 0.422 e. The molecule has 0 spiro atoms. The van der Waals surface area contributed by atoms with Crippen LogP contribution in [0.3, 0.4) is 0 Å². The minimum atomic E-state index is -5.14. The van der Waals surface area contributed by atoms with Crippen LogP contribution in [-0.2, 0) is 5.60 Å². The molecule has 2 aromatic carbocycles. The van der Waals surface area contributed by atoms with Gasteiger partial charge in [0.25, 0.3) is 0 Å². The number of halogens is 5. The molecule has 2 unspecified atom stereocenters. The number of ether oxygens (including phenoxy) is 1. The standard InChI is InChI=1S/C23H18ClF4NO5/c1-11(22(33,23(26,27)28)16-6-8-20(30)29-12(16)2)15-5-4-14(10-17(15)24)34-19-7-3-13(21(31)32)9-18(19)25/h3-11,33H,1-2H3,(H,29,30)(H,31,32). The number of carboxylic acids is 1. The fourth-order valence-corrected chi connectivity index (χ4v) is 3.95. The number of aromatic amines is 1. The lowest BCUT2D eigenvalue weighted by atomic mass is 9.77. The van der Waals surface area contributed by atoms with E-state index >= 15 is 0 Å². The van der Waals surface area contributed by atoms with Crippen molar-refractivity contribution in [2.75, 3.05) is 0 Å². The molecule has 0 fully saturated rings. The zero-order valence-electron chi connectivity index (χ0n) is 17.7. The molecule has 0 amide bonds. The molecule has 0 aliphatic carbocycles. The summed E-state index contributed by atoms with van der Waals surface area (Å²) in [4.78, 5) is 24.6. The number of aliphatic hydroxyl groups is 1. The number of aromatic nitrogens is 1. The van der Waals surface area contributed by atoms with Gasteiger partial charge in [-0.25, -0.2) is 9.18 Å². The second-order valence-electron chi connectivity index (χ2n) is 7.58. The van der Waals surface area contributed by atoms with Gasteiger partial charge in [-0.15, -0.1) is 0 Å². The van der Waals surface area contributed by atoms with Crippen LogP contribution in [0, 0.1) is 12.7 Å². The average Bonchev–Trinajstić information content (AvgIpc) is 2.73. The molecule has 1 heterocycles. The summed E-state index contributed by atoms with van der Waals surface area (Å²) >= 11 is 6.22. The molecule has 34 heavy (non-hydrogen) atoms. The Morgan fingerprint density at radius 2 is 1.79 bits per heavy atom. The number of nitrogens with one attached hydrogen (secondary N) is 1. The molecule has 1 aromatic heterocycles. The van der Waals surface area contributed by atoms with Crippen LogP contribution in [-0.4, -0.2) is 27.3 Å². The van der Waals surface area contributed by atoms with Crippen molar-refractivity contribution >= 4 is 17.6 Å². The fourth-order valence-electron chi connectivity index (χ4n) is 3.61. The third-order valence-corrected chi connectivity index (χ3v) is 5.76. The molecule has 0 bridgehead atoms. The van der Waals surface area contributed by atoms with E-state index in [4.69, 9.17) is 21.4 Å². The molecule has 0 radical (unpaired) electrons. The van der Waals surface area contributed by atoms with Crippen LogP contribution in [0.25, 0.3) is 0 Å². The van der Waals surface area contributed by atoms with Gasteiger partial charge in [0, 0.05) is 28.3 Å². The van der Waals surface area contributed by atoms with E-state index in [9.17, 15) is 32.3 Å². The van der Waals surface area contributed by atoms with Crippen molar-refractivity contribution < 1.29 is 37.3 Å². The Kier molecular flexibility index (Phi) is 6.77. The number of carbonyl (C=O) groups is 1. The van der Waals surface area contributed by atoms with Crippen molar-refractivity contribution in [3.05, 3.63) is 92.1 Å². The summed E-state index contributed by atoms with van der Waals surface area (Å²) in [6.07, 6.45) is -5.14. The van der Waals surface area contributed by atoms with Gasteiger partial charge < -0.3 is 19.9 Å². The Bertz CT molecular complexity index is 1310. The first-order chi connectivity index (χ1) is 15.8. The van der Waals surface area contributed by atoms with Crippen LogP contribution in [0.5, 0.6) is 11.5 Å². The minimum absolute atomic E-state index is 0.0290. The third kappa shape index (κ3) is 4.64.